The zero-order valence-electron chi connectivity index (χ0n) is 16.7. The van der Waals surface area contributed by atoms with Gasteiger partial charge in [0.1, 0.15) is 6.04 Å². The molecule has 1 rings (SSSR count). The molecular formula is C19H36N4O4. The van der Waals surface area contributed by atoms with Crippen LogP contribution >= 0.6 is 0 Å². The second kappa shape index (κ2) is 13.5. The quantitative estimate of drug-likeness (QED) is 0.347. The molecule has 1 fully saturated rings. The molecule has 8 heteroatoms. The Hall–Kier alpha value is -1.67. The van der Waals surface area contributed by atoms with Crippen LogP contribution < -0.4 is 21.4 Å². The first-order chi connectivity index (χ1) is 12.9. The lowest BCUT2D eigenvalue weighted by Gasteiger charge is -2.23. The maximum absolute atomic E-state index is 12.7. The van der Waals surface area contributed by atoms with Crippen molar-refractivity contribution in [3.63, 3.8) is 0 Å². The Morgan fingerprint density at radius 1 is 1.11 bits per heavy atom. The highest BCUT2D eigenvalue weighted by Gasteiger charge is 2.27. The van der Waals surface area contributed by atoms with Crippen LogP contribution in [-0.2, 0) is 14.4 Å². The van der Waals surface area contributed by atoms with Crippen molar-refractivity contribution in [1.29, 1.82) is 0 Å². The van der Waals surface area contributed by atoms with Crippen LogP contribution in [0.1, 0.15) is 65.2 Å². The van der Waals surface area contributed by atoms with E-state index in [-0.39, 0.29) is 24.2 Å². The van der Waals surface area contributed by atoms with Gasteiger partial charge in [0.05, 0.1) is 0 Å². The van der Waals surface area contributed by atoms with E-state index < -0.39 is 17.9 Å². The van der Waals surface area contributed by atoms with Crippen LogP contribution in [0.15, 0.2) is 0 Å². The Morgan fingerprint density at radius 2 is 1.78 bits per heavy atom. The molecule has 5 N–H and O–H groups in total. The average molecular weight is 385 g/mol. The molecule has 0 aromatic rings. The van der Waals surface area contributed by atoms with Gasteiger partial charge in [-0.05, 0) is 57.5 Å². The molecule has 1 aliphatic heterocycles. The Kier molecular flexibility index (Phi) is 11.7. The van der Waals surface area contributed by atoms with Crippen LogP contribution in [0.5, 0.6) is 0 Å². The number of amides is 3. The molecule has 0 aromatic carbocycles. The Bertz CT molecular complexity index is 471. The second-order valence-corrected chi connectivity index (χ2v) is 7.72. The largest absolute Gasteiger partial charge is 0.354 e. The first-order valence-electron chi connectivity index (χ1n) is 10.2. The van der Waals surface area contributed by atoms with E-state index >= 15 is 0 Å². The molecular weight excluding hydrogens is 348 g/mol. The minimum atomic E-state index is -0.596. The highest BCUT2D eigenvalue weighted by atomic mass is 16.5. The summed E-state index contributed by atoms with van der Waals surface area (Å²) in [5.41, 5.74) is 1.58. The van der Waals surface area contributed by atoms with Crippen molar-refractivity contribution in [3.05, 3.63) is 0 Å². The lowest BCUT2D eigenvalue weighted by atomic mass is 9.92. The number of carbonyl (C=O) groups is 3. The van der Waals surface area contributed by atoms with E-state index in [0.717, 1.165) is 45.2 Å². The van der Waals surface area contributed by atoms with Gasteiger partial charge in [-0.1, -0.05) is 20.3 Å². The number of rotatable bonds is 6. The minimum Gasteiger partial charge on any atom is -0.354 e. The summed E-state index contributed by atoms with van der Waals surface area (Å²) in [6.45, 7) is 6.45. The number of nitrogens with one attached hydrogen (secondary N) is 4. The number of hydrogen-bond acceptors (Lipinski definition) is 5. The molecule has 0 spiro atoms. The van der Waals surface area contributed by atoms with Gasteiger partial charge in [-0.25, -0.2) is 5.48 Å². The average Bonchev–Trinajstić information content (AvgIpc) is 2.64. The fourth-order valence-electron chi connectivity index (χ4n) is 3.29. The predicted molar refractivity (Wildman–Crippen MR) is 103 cm³/mol. The first kappa shape index (κ1) is 23.4. The molecule has 0 bridgehead atoms. The van der Waals surface area contributed by atoms with E-state index in [2.05, 4.69) is 16.0 Å². The van der Waals surface area contributed by atoms with Crippen molar-refractivity contribution in [3.8, 4) is 0 Å². The van der Waals surface area contributed by atoms with Gasteiger partial charge < -0.3 is 16.0 Å². The Balaban J connectivity index is 2.71. The van der Waals surface area contributed by atoms with Crippen LogP contribution in [0.2, 0.25) is 0 Å². The van der Waals surface area contributed by atoms with Gasteiger partial charge in [0.2, 0.25) is 17.7 Å². The fourth-order valence-corrected chi connectivity index (χ4v) is 3.29. The molecule has 1 aliphatic rings. The molecule has 1 saturated heterocycles. The predicted octanol–water partition coefficient (Wildman–Crippen LogP) is 1.09. The summed E-state index contributed by atoms with van der Waals surface area (Å²) >= 11 is 0. The third-order valence-corrected chi connectivity index (χ3v) is 4.74. The molecule has 1 heterocycles. The zero-order chi connectivity index (χ0) is 20.1. The molecule has 0 aromatic heterocycles. The second-order valence-electron chi connectivity index (χ2n) is 7.72. The lowest BCUT2D eigenvalue weighted by molar-refractivity contribution is -0.136. The van der Waals surface area contributed by atoms with Crippen LogP contribution in [0.3, 0.4) is 0 Å². The van der Waals surface area contributed by atoms with Crippen molar-refractivity contribution in [2.24, 2.45) is 11.8 Å². The Morgan fingerprint density at radius 3 is 2.44 bits per heavy atom. The summed E-state index contributed by atoms with van der Waals surface area (Å²) < 4.78 is 0. The molecule has 156 valence electrons. The van der Waals surface area contributed by atoms with E-state index in [1.807, 2.05) is 13.8 Å². The van der Waals surface area contributed by atoms with Gasteiger partial charge in [-0.2, -0.15) is 0 Å². The summed E-state index contributed by atoms with van der Waals surface area (Å²) in [4.78, 5) is 36.7. The maximum atomic E-state index is 12.7. The Labute approximate surface area is 162 Å². The molecule has 2 atom stereocenters. The van der Waals surface area contributed by atoms with Gasteiger partial charge in [0, 0.05) is 18.9 Å². The van der Waals surface area contributed by atoms with E-state index in [1.54, 1.807) is 5.48 Å². The topological polar surface area (TPSA) is 120 Å². The van der Waals surface area contributed by atoms with E-state index in [4.69, 9.17) is 5.21 Å². The van der Waals surface area contributed by atoms with E-state index in [9.17, 15) is 14.4 Å². The number of hydrogen-bond donors (Lipinski definition) is 5. The highest BCUT2D eigenvalue weighted by molar-refractivity contribution is 5.90. The van der Waals surface area contributed by atoms with Crippen molar-refractivity contribution in [2.45, 2.75) is 71.3 Å². The van der Waals surface area contributed by atoms with E-state index in [1.165, 1.54) is 0 Å². The molecule has 27 heavy (non-hydrogen) atoms. The van der Waals surface area contributed by atoms with Crippen molar-refractivity contribution in [1.82, 2.24) is 21.4 Å². The summed E-state index contributed by atoms with van der Waals surface area (Å²) in [5, 5.41) is 17.9. The normalized spacial score (nSPS) is 21.2. The molecule has 0 radical (unpaired) electrons. The molecule has 0 aliphatic carbocycles. The summed E-state index contributed by atoms with van der Waals surface area (Å²) in [6.07, 6.45) is 5.83. The van der Waals surface area contributed by atoms with Crippen molar-refractivity contribution >= 4 is 17.7 Å². The standard InChI is InChI=1S/C19H36N4O4/c1-14(2)12-15(13-17(24)23-27)18(25)22-16-8-4-7-10-20-9-5-3-6-11-21-19(16)26/h14-16,20,27H,3-13H2,1-2H3,(H,21,26)(H,22,25)(H,23,24). The minimum absolute atomic E-state index is 0.0984. The number of hydroxylamine groups is 1. The first-order valence-corrected chi connectivity index (χ1v) is 10.2. The maximum Gasteiger partial charge on any atom is 0.244 e. The summed E-state index contributed by atoms with van der Waals surface area (Å²) in [5.74, 6) is -1.43. The van der Waals surface area contributed by atoms with Gasteiger partial charge >= 0.3 is 0 Å². The molecule has 2 unspecified atom stereocenters. The van der Waals surface area contributed by atoms with Gasteiger partial charge in [-0.3, -0.25) is 19.6 Å². The van der Waals surface area contributed by atoms with E-state index in [0.29, 0.717) is 19.4 Å². The fraction of sp³-hybridized carbons (Fsp3) is 0.842. The highest BCUT2D eigenvalue weighted by Crippen LogP contribution is 2.17. The monoisotopic (exact) mass is 384 g/mol. The summed E-state index contributed by atoms with van der Waals surface area (Å²) in [6, 6.07) is -0.592. The number of carbonyl (C=O) groups excluding carboxylic acids is 3. The zero-order valence-corrected chi connectivity index (χ0v) is 16.7. The van der Waals surface area contributed by atoms with Crippen LogP contribution in [0.25, 0.3) is 0 Å². The van der Waals surface area contributed by atoms with Crippen LogP contribution in [0.4, 0.5) is 0 Å². The summed E-state index contributed by atoms with van der Waals surface area (Å²) in [7, 11) is 0. The van der Waals surface area contributed by atoms with Crippen LogP contribution in [-0.4, -0.2) is 48.6 Å². The lowest BCUT2D eigenvalue weighted by Crippen LogP contribution is -2.49. The third kappa shape index (κ3) is 10.3. The van der Waals surface area contributed by atoms with Crippen LogP contribution in [0, 0.1) is 11.8 Å². The van der Waals surface area contributed by atoms with Gasteiger partial charge in [0.15, 0.2) is 0 Å². The van der Waals surface area contributed by atoms with Crippen molar-refractivity contribution in [2.75, 3.05) is 19.6 Å². The third-order valence-electron chi connectivity index (χ3n) is 4.74. The SMILES string of the molecule is CC(C)CC(CC(=O)NO)C(=O)NC1CCCCNCCCCCNC1=O. The molecule has 8 nitrogen and oxygen atoms in total. The smallest absolute Gasteiger partial charge is 0.244 e. The van der Waals surface area contributed by atoms with Gasteiger partial charge in [0.25, 0.3) is 0 Å². The molecule has 3 amide bonds. The van der Waals surface area contributed by atoms with Gasteiger partial charge in [-0.15, -0.1) is 0 Å². The van der Waals surface area contributed by atoms with Crippen molar-refractivity contribution < 1.29 is 19.6 Å². The molecule has 0 saturated carbocycles.